The molecule has 16 heavy (non-hydrogen) atoms. The zero-order chi connectivity index (χ0) is 11.0. The molecular formula is C13H11N3. The van der Waals surface area contributed by atoms with Crippen LogP contribution in [0.3, 0.4) is 0 Å². The molecule has 0 bridgehead atoms. The highest BCUT2D eigenvalue weighted by molar-refractivity contribution is 5.90. The van der Waals surface area contributed by atoms with Crippen molar-refractivity contribution in [3.05, 3.63) is 54.9 Å². The third kappa shape index (κ3) is 1.34. The fraction of sp³-hybridized carbons (Fsp3) is 0. The zero-order valence-electron chi connectivity index (χ0n) is 8.67. The number of nitrogens with two attached hydrogens (primary N) is 1. The molecule has 0 aliphatic heterocycles. The van der Waals surface area contributed by atoms with Crippen LogP contribution in [0.2, 0.25) is 0 Å². The molecule has 0 atom stereocenters. The van der Waals surface area contributed by atoms with E-state index in [9.17, 15) is 0 Å². The minimum Gasteiger partial charge on any atom is -0.398 e. The van der Waals surface area contributed by atoms with Gasteiger partial charge in [-0.1, -0.05) is 18.2 Å². The van der Waals surface area contributed by atoms with Crippen molar-refractivity contribution >= 4 is 16.6 Å². The van der Waals surface area contributed by atoms with Crippen molar-refractivity contribution in [1.29, 1.82) is 0 Å². The second-order valence-electron chi connectivity index (χ2n) is 3.68. The first kappa shape index (κ1) is 8.97. The van der Waals surface area contributed by atoms with Gasteiger partial charge in [-0.2, -0.15) is 0 Å². The highest BCUT2D eigenvalue weighted by Gasteiger charge is 2.03. The Bertz CT molecular complexity index is 627. The van der Waals surface area contributed by atoms with Crippen LogP contribution in [0, 0.1) is 0 Å². The van der Waals surface area contributed by atoms with Crippen molar-refractivity contribution in [1.82, 2.24) is 9.55 Å². The lowest BCUT2D eigenvalue weighted by Crippen LogP contribution is -1.97. The Morgan fingerprint density at radius 3 is 2.56 bits per heavy atom. The molecule has 3 heteroatoms. The average molecular weight is 209 g/mol. The summed E-state index contributed by atoms with van der Waals surface area (Å²) in [6.45, 7) is 0. The predicted molar refractivity (Wildman–Crippen MR) is 65.5 cm³/mol. The molecule has 3 aromatic rings. The first-order valence-electron chi connectivity index (χ1n) is 5.13. The van der Waals surface area contributed by atoms with Gasteiger partial charge in [-0.3, -0.25) is 0 Å². The van der Waals surface area contributed by atoms with Gasteiger partial charge < -0.3 is 10.3 Å². The Balaban J connectivity index is 2.29. The van der Waals surface area contributed by atoms with Crippen LogP contribution in [0.4, 0.5) is 5.69 Å². The topological polar surface area (TPSA) is 43.8 Å². The highest BCUT2D eigenvalue weighted by atomic mass is 15.0. The van der Waals surface area contributed by atoms with Crippen LogP contribution < -0.4 is 5.73 Å². The Morgan fingerprint density at radius 2 is 1.75 bits per heavy atom. The second-order valence-corrected chi connectivity index (χ2v) is 3.68. The number of anilines is 1. The molecule has 0 radical (unpaired) electrons. The quantitative estimate of drug-likeness (QED) is 0.669. The molecule has 3 rings (SSSR count). The molecule has 3 nitrogen and oxygen atoms in total. The molecule has 2 N–H and O–H groups in total. The van der Waals surface area contributed by atoms with Gasteiger partial charge in [0, 0.05) is 29.5 Å². The summed E-state index contributed by atoms with van der Waals surface area (Å²) in [5.41, 5.74) is 7.69. The molecule has 0 saturated carbocycles. The summed E-state index contributed by atoms with van der Waals surface area (Å²) < 4.78 is 1.95. The molecule has 0 unspecified atom stereocenters. The molecule has 0 fully saturated rings. The van der Waals surface area contributed by atoms with Crippen LogP contribution in [-0.2, 0) is 0 Å². The number of pyridine rings is 1. The van der Waals surface area contributed by atoms with Gasteiger partial charge in [0.15, 0.2) is 0 Å². The van der Waals surface area contributed by atoms with Gasteiger partial charge in [-0.15, -0.1) is 0 Å². The number of nitrogens with zero attached hydrogens (tertiary/aromatic N) is 2. The van der Waals surface area contributed by atoms with Gasteiger partial charge in [-0.05, 0) is 18.2 Å². The monoisotopic (exact) mass is 209 g/mol. The Hall–Kier alpha value is -2.29. The number of benzene rings is 1. The molecule has 0 amide bonds. The largest absolute Gasteiger partial charge is 0.398 e. The SMILES string of the molecule is Nc1cc(-n2cccc2)nc2ccccc12. The lowest BCUT2D eigenvalue weighted by atomic mass is 10.2. The van der Waals surface area contributed by atoms with Crippen molar-refractivity contribution < 1.29 is 0 Å². The van der Waals surface area contributed by atoms with Crippen LogP contribution in [0.1, 0.15) is 0 Å². The zero-order valence-corrected chi connectivity index (χ0v) is 8.67. The highest BCUT2D eigenvalue weighted by Crippen LogP contribution is 2.21. The van der Waals surface area contributed by atoms with E-state index in [0.717, 1.165) is 22.4 Å². The van der Waals surface area contributed by atoms with Crippen LogP contribution in [0.15, 0.2) is 54.9 Å². The standard InChI is InChI=1S/C13H11N3/c14-11-9-13(16-7-3-4-8-16)15-12-6-2-1-5-10(11)12/h1-9H,(H2,14,15). The summed E-state index contributed by atoms with van der Waals surface area (Å²) in [5, 5.41) is 0.999. The maximum absolute atomic E-state index is 6.01. The normalized spacial score (nSPS) is 10.8. The molecule has 0 spiro atoms. The van der Waals surface area contributed by atoms with Crippen LogP contribution in [0.25, 0.3) is 16.7 Å². The lowest BCUT2D eigenvalue weighted by molar-refractivity contribution is 1.02. The van der Waals surface area contributed by atoms with E-state index >= 15 is 0 Å². The fourth-order valence-corrected chi connectivity index (χ4v) is 1.81. The van der Waals surface area contributed by atoms with Gasteiger partial charge in [0.2, 0.25) is 0 Å². The number of para-hydroxylation sites is 1. The number of rotatable bonds is 1. The third-order valence-corrected chi connectivity index (χ3v) is 2.60. The number of nitrogen functional groups attached to an aromatic ring is 1. The number of hydrogen-bond donors (Lipinski definition) is 1. The van der Waals surface area contributed by atoms with Crippen molar-refractivity contribution in [3.63, 3.8) is 0 Å². The van der Waals surface area contributed by atoms with E-state index in [1.165, 1.54) is 0 Å². The van der Waals surface area contributed by atoms with Crippen molar-refractivity contribution in [2.24, 2.45) is 0 Å². The van der Waals surface area contributed by atoms with E-state index < -0.39 is 0 Å². The molecule has 0 aliphatic carbocycles. The van der Waals surface area contributed by atoms with Gasteiger partial charge in [0.1, 0.15) is 5.82 Å². The summed E-state index contributed by atoms with van der Waals surface area (Å²) in [6, 6.07) is 13.7. The molecule has 0 aliphatic rings. The minimum atomic E-state index is 0.759. The van der Waals surface area contributed by atoms with E-state index in [-0.39, 0.29) is 0 Å². The van der Waals surface area contributed by atoms with E-state index in [1.54, 1.807) is 0 Å². The summed E-state index contributed by atoms with van der Waals surface area (Å²) in [7, 11) is 0. The third-order valence-electron chi connectivity index (χ3n) is 2.60. The maximum Gasteiger partial charge on any atom is 0.139 e. The molecular weight excluding hydrogens is 198 g/mol. The van der Waals surface area contributed by atoms with E-state index in [0.29, 0.717) is 0 Å². The summed E-state index contributed by atoms with van der Waals surface area (Å²) in [4.78, 5) is 4.56. The predicted octanol–water partition coefficient (Wildman–Crippen LogP) is 2.61. The van der Waals surface area contributed by atoms with Crippen molar-refractivity contribution in [2.45, 2.75) is 0 Å². The van der Waals surface area contributed by atoms with Crippen molar-refractivity contribution in [3.8, 4) is 5.82 Å². The van der Waals surface area contributed by atoms with Crippen LogP contribution in [0.5, 0.6) is 0 Å². The first-order chi connectivity index (χ1) is 7.84. The fourth-order valence-electron chi connectivity index (χ4n) is 1.81. The molecule has 0 saturated heterocycles. The molecule has 1 aromatic carbocycles. The van der Waals surface area contributed by atoms with Gasteiger partial charge in [0.05, 0.1) is 5.52 Å². The van der Waals surface area contributed by atoms with E-state index in [2.05, 4.69) is 4.98 Å². The Labute approximate surface area is 93.1 Å². The van der Waals surface area contributed by atoms with E-state index in [4.69, 9.17) is 5.73 Å². The van der Waals surface area contributed by atoms with Crippen LogP contribution >= 0.6 is 0 Å². The lowest BCUT2D eigenvalue weighted by Gasteiger charge is -2.06. The summed E-state index contributed by atoms with van der Waals surface area (Å²) in [5.74, 6) is 0.848. The smallest absolute Gasteiger partial charge is 0.139 e. The molecule has 2 heterocycles. The van der Waals surface area contributed by atoms with Gasteiger partial charge in [-0.25, -0.2) is 4.98 Å². The van der Waals surface area contributed by atoms with Crippen molar-refractivity contribution in [2.75, 3.05) is 5.73 Å². The Morgan fingerprint density at radius 1 is 1.00 bits per heavy atom. The molecule has 2 aromatic heterocycles. The Kier molecular flexibility index (Phi) is 1.90. The number of aromatic nitrogens is 2. The minimum absolute atomic E-state index is 0.759. The summed E-state index contributed by atoms with van der Waals surface area (Å²) in [6.07, 6.45) is 3.91. The number of hydrogen-bond acceptors (Lipinski definition) is 2. The average Bonchev–Trinajstić information content (AvgIpc) is 2.82. The molecule has 78 valence electrons. The maximum atomic E-state index is 6.01. The second kappa shape index (κ2) is 3.38. The van der Waals surface area contributed by atoms with Crippen LogP contribution in [-0.4, -0.2) is 9.55 Å². The van der Waals surface area contributed by atoms with Gasteiger partial charge in [0.25, 0.3) is 0 Å². The number of fused-ring (bicyclic) bond motifs is 1. The van der Waals surface area contributed by atoms with Gasteiger partial charge >= 0.3 is 0 Å². The summed E-state index contributed by atoms with van der Waals surface area (Å²) >= 11 is 0. The first-order valence-corrected chi connectivity index (χ1v) is 5.13. The van der Waals surface area contributed by atoms with E-state index in [1.807, 2.05) is 59.4 Å².